The van der Waals surface area contributed by atoms with E-state index in [1.165, 1.54) is 5.56 Å². The lowest BCUT2D eigenvalue weighted by Gasteiger charge is -2.22. The minimum atomic E-state index is 0.0956. The molecule has 0 radical (unpaired) electrons. The standard InChI is InChI=1S/C24H27N3O2S/c1-19-25-22(18-30-19)17-29-23-10-8-21(9-11-23)24(28)27-13-5-12-26(14-15-27)16-20-6-3-2-4-7-20/h2-4,6-11,18H,5,12-17H2,1H3. The van der Waals surface area contributed by atoms with Crippen molar-refractivity contribution in [3.8, 4) is 5.75 Å². The van der Waals surface area contributed by atoms with E-state index >= 15 is 0 Å². The SMILES string of the molecule is Cc1nc(COc2ccc(C(=O)N3CCCN(Cc4ccccc4)CC3)cc2)cs1. The number of hydrogen-bond acceptors (Lipinski definition) is 5. The molecule has 4 rings (SSSR count). The topological polar surface area (TPSA) is 45.7 Å². The van der Waals surface area contributed by atoms with Crippen molar-refractivity contribution in [3.05, 3.63) is 81.8 Å². The number of rotatable bonds is 6. The third-order valence-electron chi connectivity index (χ3n) is 5.28. The highest BCUT2D eigenvalue weighted by Gasteiger charge is 2.20. The number of amides is 1. The van der Waals surface area contributed by atoms with Crippen LogP contribution in [0.4, 0.5) is 0 Å². The molecule has 1 amide bonds. The molecule has 1 saturated heterocycles. The summed E-state index contributed by atoms with van der Waals surface area (Å²) in [5.74, 6) is 0.848. The molecule has 0 unspecified atom stereocenters. The summed E-state index contributed by atoms with van der Waals surface area (Å²) in [6.45, 7) is 6.84. The van der Waals surface area contributed by atoms with Gasteiger partial charge in [0.25, 0.3) is 5.91 Å². The van der Waals surface area contributed by atoms with Crippen LogP contribution in [0.1, 0.15) is 33.0 Å². The van der Waals surface area contributed by atoms with E-state index in [9.17, 15) is 4.79 Å². The molecule has 1 aliphatic heterocycles. The Kier molecular flexibility index (Phi) is 6.77. The summed E-state index contributed by atoms with van der Waals surface area (Å²) >= 11 is 1.62. The molecule has 6 heteroatoms. The van der Waals surface area contributed by atoms with Crippen molar-refractivity contribution in [2.75, 3.05) is 26.2 Å². The molecular weight excluding hydrogens is 394 g/mol. The monoisotopic (exact) mass is 421 g/mol. The quantitative estimate of drug-likeness (QED) is 0.593. The number of carbonyl (C=O) groups excluding carboxylic acids is 1. The zero-order valence-corrected chi connectivity index (χ0v) is 18.1. The number of ether oxygens (including phenoxy) is 1. The number of nitrogens with zero attached hydrogens (tertiary/aromatic N) is 3. The van der Waals surface area contributed by atoms with Gasteiger partial charge in [-0.05, 0) is 43.2 Å². The van der Waals surface area contributed by atoms with Crippen LogP contribution in [-0.2, 0) is 13.2 Å². The third kappa shape index (κ3) is 5.46. The summed E-state index contributed by atoms with van der Waals surface area (Å²) < 4.78 is 5.79. The van der Waals surface area contributed by atoms with E-state index in [2.05, 4.69) is 34.1 Å². The maximum Gasteiger partial charge on any atom is 0.253 e. The predicted molar refractivity (Wildman–Crippen MR) is 120 cm³/mol. The van der Waals surface area contributed by atoms with E-state index in [-0.39, 0.29) is 5.91 Å². The molecule has 2 aromatic carbocycles. The van der Waals surface area contributed by atoms with E-state index in [0.717, 1.165) is 55.6 Å². The Hall–Kier alpha value is -2.70. The fraction of sp³-hybridized carbons (Fsp3) is 0.333. The van der Waals surface area contributed by atoms with Gasteiger partial charge in [0.15, 0.2) is 0 Å². The summed E-state index contributed by atoms with van der Waals surface area (Å²) in [6, 6.07) is 18.0. The van der Waals surface area contributed by atoms with Crippen molar-refractivity contribution in [1.82, 2.24) is 14.8 Å². The highest BCUT2D eigenvalue weighted by Crippen LogP contribution is 2.17. The van der Waals surface area contributed by atoms with Crippen molar-refractivity contribution < 1.29 is 9.53 Å². The van der Waals surface area contributed by atoms with Gasteiger partial charge < -0.3 is 9.64 Å². The molecule has 0 spiro atoms. The Labute approximate surface area is 181 Å². The first kappa shape index (κ1) is 20.6. The van der Waals surface area contributed by atoms with E-state index in [0.29, 0.717) is 12.2 Å². The first-order valence-electron chi connectivity index (χ1n) is 10.4. The lowest BCUT2D eigenvalue weighted by Crippen LogP contribution is -2.35. The summed E-state index contributed by atoms with van der Waals surface area (Å²) in [5.41, 5.74) is 2.96. The second-order valence-electron chi connectivity index (χ2n) is 7.58. The number of aromatic nitrogens is 1. The van der Waals surface area contributed by atoms with Gasteiger partial charge in [0.1, 0.15) is 12.4 Å². The van der Waals surface area contributed by atoms with E-state index in [1.807, 2.05) is 47.5 Å². The molecular formula is C24H27N3O2S. The van der Waals surface area contributed by atoms with Gasteiger partial charge in [-0.15, -0.1) is 11.3 Å². The minimum absolute atomic E-state index is 0.0956. The van der Waals surface area contributed by atoms with E-state index < -0.39 is 0 Å². The first-order valence-corrected chi connectivity index (χ1v) is 11.2. The molecule has 0 saturated carbocycles. The molecule has 3 aromatic rings. The summed E-state index contributed by atoms with van der Waals surface area (Å²) in [6.07, 6.45) is 0.993. The third-order valence-corrected chi connectivity index (χ3v) is 6.10. The van der Waals surface area contributed by atoms with Crippen molar-refractivity contribution >= 4 is 17.2 Å². The van der Waals surface area contributed by atoms with Crippen LogP contribution in [0.2, 0.25) is 0 Å². The van der Waals surface area contributed by atoms with Crippen LogP contribution >= 0.6 is 11.3 Å². The molecule has 1 fully saturated rings. The molecule has 5 nitrogen and oxygen atoms in total. The van der Waals surface area contributed by atoms with Gasteiger partial charge in [0, 0.05) is 43.7 Å². The number of thiazole rings is 1. The van der Waals surface area contributed by atoms with Crippen LogP contribution in [0, 0.1) is 6.92 Å². The minimum Gasteiger partial charge on any atom is -0.487 e. The summed E-state index contributed by atoms with van der Waals surface area (Å²) in [7, 11) is 0. The number of benzene rings is 2. The normalized spacial score (nSPS) is 15.0. The summed E-state index contributed by atoms with van der Waals surface area (Å²) in [4.78, 5) is 21.8. The number of carbonyl (C=O) groups is 1. The molecule has 156 valence electrons. The summed E-state index contributed by atoms with van der Waals surface area (Å²) in [5, 5.41) is 3.04. The predicted octanol–water partition coefficient (Wildman–Crippen LogP) is 4.38. The highest BCUT2D eigenvalue weighted by molar-refractivity contribution is 7.09. The highest BCUT2D eigenvalue weighted by atomic mass is 32.1. The zero-order chi connectivity index (χ0) is 20.8. The van der Waals surface area contributed by atoms with Crippen LogP contribution < -0.4 is 4.74 Å². The molecule has 0 aliphatic carbocycles. The maximum absolute atomic E-state index is 13.0. The number of aryl methyl sites for hydroxylation is 1. The van der Waals surface area contributed by atoms with Gasteiger partial charge >= 0.3 is 0 Å². The average Bonchev–Trinajstić information content (AvgIpc) is 3.05. The van der Waals surface area contributed by atoms with E-state index in [1.54, 1.807) is 11.3 Å². The van der Waals surface area contributed by atoms with Crippen molar-refractivity contribution in [2.24, 2.45) is 0 Å². The Morgan fingerprint density at radius 1 is 1.03 bits per heavy atom. The van der Waals surface area contributed by atoms with Gasteiger partial charge in [0.2, 0.25) is 0 Å². The van der Waals surface area contributed by atoms with Crippen molar-refractivity contribution in [2.45, 2.75) is 26.5 Å². The smallest absolute Gasteiger partial charge is 0.253 e. The van der Waals surface area contributed by atoms with Crippen LogP contribution in [0.3, 0.4) is 0 Å². The number of hydrogen-bond donors (Lipinski definition) is 0. The molecule has 1 aromatic heterocycles. The Bertz CT molecular complexity index is 956. The van der Waals surface area contributed by atoms with Crippen molar-refractivity contribution in [1.29, 1.82) is 0 Å². The second-order valence-corrected chi connectivity index (χ2v) is 8.64. The van der Waals surface area contributed by atoms with Gasteiger partial charge in [0.05, 0.1) is 10.7 Å². The molecule has 2 heterocycles. The second kappa shape index (κ2) is 9.87. The zero-order valence-electron chi connectivity index (χ0n) is 17.3. The Morgan fingerprint density at radius 2 is 1.83 bits per heavy atom. The van der Waals surface area contributed by atoms with Gasteiger partial charge in [-0.1, -0.05) is 30.3 Å². The first-order chi connectivity index (χ1) is 14.7. The van der Waals surface area contributed by atoms with Crippen LogP contribution in [0.5, 0.6) is 5.75 Å². The maximum atomic E-state index is 13.0. The average molecular weight is 422 g/mol. The molecule has 0 bridgehead atoms. The fourth-order valence-corrected chi connectivity index (χ4v) is 4.28. The van der Waals surface area contributed by atoms with Gasteiger partial charge in [-0.3, -0.25) is 9.69 Å². The van der Waals surface area contributed by atoms with Crippen molar-refractivity contribution in [3.63, 3.8) is 0 Å². The molecule has 0 atom stereocenters. The Morgan fingerprint density at radius 3 is 2.57 bits per heavy atom. The molecule has 1 aliphatic rings. The van der Waals surface area contributed by atoms with Gasteiger partial charge in [-0.25, -0.2) is 4.98 Å². The lowest BCUT2D eigenvalue weighted by atomic mass is 10.2. The largest absolute Gasteiger partial charge is 0.487 e. The van der Waals surface area contributed by atoms with Crippen LogP contribution in [-0.4, -0.2) is 46.9 Å². The fourth-order valence-electron chi connectivity index (χ4n) is 3.68. The molecule has 30 heavy (non-hydrogen) atoms. The van der Waals surface area contributed by atoms with Gasteiger partial charge in [-0.2, -0.15) is 0 Å². The van der Waals surface area contributed by atoms with Crippen LogP contribution in [0.15, 0.2) is 60.0 Å². The van der Waals surface area contributed by atoms with Crippen LogP contribution in [0.25, 0.3) is 0 Å². The Balaban J connectivity index is 1.30. The molecule has 0 N–H and O–H groups in total. The lowest BCUT2D eigenvalue weighted by molar-refractivity contribution is 0.0761. The van der Waals surface area contributed by atoms with E-state index in [4.69, 9.17) is 4.74 Å².